The Morgan fingerprint density at radius 2 is 2.26 bits per heavy atom. The van der Waals surface area contributed by atoms with E-state index >= 15 is 0 Å². The van der Waals surface area contributed by atoms with Gasteiger partial charge in [-0.2, -0.15) is 16.4 Å². The van der Waals surface area contributed by atoms with Crippen molar-refractivity contribution in [3.05, 3.63) is 22.4 Å². The monoisotopic (exact) mass is 297 g/mol. The molecule has 0 saturated carbocycles. The molecule has 3 heterocycles. The Morgan fingerprint density at radius 3 is 2.84 bits per heavy atom. The molecule has 0 spiro atoms. The van der Waals surface area contributed by atoms with Crippen LogP contribution in [0.25, 0.3) is 11.3 Å². The van der Waals surface area contributed by atoms with Gasteiger partial charge in [0.15, 0.2) is 9.84 Å². The zero-order valence-corrected chi connectivity index (χ0v) is 12.2. The highest BCUT2D eigenvalue weighted by molar-refractivity contribution is 7.91. The summed E-state index contributed by atoms with van der Waals surface area (Å²) in [5.74, 6) is 0.896. The maximum Gasteiger partial charge on any atom is 0.152 e. The lowest BCUT2D eigenvalue weighted by atomic mass is 10.1. The molecule has 19 heavy (non-hydrogen) atoms. The van der Waals surface area contributed by atoms with E-state index in [1.807, 2.05) is 18.4 Å². The Bertz CT molecular complexity index is 715. The third kappa shape index (κ3) is 2.28. The van der Waals surface area contributed by atoms with Gasteiger partial charge in [0, 0.05) is 17.0 Å². The minimum Gasteiger partial charge on any atom is -0.384 e. The van der Waals surface area contributed by atoms with E-state index in [9.17, 15) is 8.42 Å². The van der Waals surface area contributed by atoms with Gasteiger partial charge in [-0.05, 0) is 24.3 Å². The van der Waals surface area contributed by atoms with E-state index in [1.54, 1.807) is 16.0 Å². The average Bonchev–Trinajstić information content (AvgIpc) is 2.98. The fourth-order valence-corrected chi connectivity index (χ4v) is 4.96. The van der Waals surface area contributed by atoms with E-state index in [4.69, 9.17) is 5.73 Å². The molecule has 0 aromatic carbocycles. The van der Waals surface area contributed by atoms with E-state index < -0.39 is 9.84 Å². The number of nitrogens with two attached hydrogens (primary N) is 1. The minimum absolute atomic E-state index is 0.127. The molecule has 7 heteroatoms. The standard InChI is InChI=1S/C12H15N3O2S2/c1-8-5-18-6-10(8)11-4-12(13)15(14-11)9-2-3-19(16,17)7-9/h4-6,9H,2-3,7,13H2,1H3. The molecule has 0 amide bonds. The number of thiophene rings is 1. The van der Waals surface area contributed by atoms with Gasteiger partial charge in [0.2, 0.25) is 0 Å². The van der Waals surface area contributed by atoms with Crippen LogP contribution in [-0.2, 0) is 9.84 Å². The number of hydrogen-bond donors (Lipinski definition) is 1. The molecule has 2 N–H and O–H groups in total. The van der Waals surface area contributed by atoms with Gasteiger partial charge in [-0.15, -0.1) is 0 Å². The molecular weight excluding hydrogens is 282 g/mol. The van der Waals surface area contributed by atoms with Crippen LogP contribution in [0.15, 0.2) is 16.8 Å². The molecule has 1 aliphatic rings. The number of aryl methyl sites for hydroxylation is 1. The summed E-state index contributed by atoms with van der Waals surface area (Å²) in [5.41, 5.74) is 9.02. The summed E-state index contributed by atoms with van der Waals surface area (Å²) in [6.07, 6.45) is 0.594. The smallest absolute Gasteiger partial charge is 0.152 e. The van der Waals surface area contributed by atoms with E-state index in [0.29, 0.717) is 12.2 Å². The molecule has 1 unspecified atom stereocenters. The average molecular weight is 297 g/mol. The third-order valence-electron chi connectivity index (χ3n) is 3.45. The third-order valence-corrected chi connectivity index (χ3v) is 6.06. The van der Waals surface area contributed by atoms with Crippen LogP contribution in [0.4, 0.5) is 5.82 Å². The fraction of sp³-hybridized carbons (Fsp3) is 0.417. The second-order valence-corrected chi connectivity index (χ2v) is 7.90. The summed E-state index contributed by atoms with van der Waals surface area (Å²) < 4.78 is 24.7. The van der Waals surface area contributed by atoms with Crippen LogP contribution in [0.2, 0.25) is 0 Å². The molecule has 0 aliphatic carbocycles. The number of nitrogen functional groups attached to an aromatic ring is 1. The van der Waals surface area contributed by atoms with Crippen LogP contribution in [0.1, 0.15) is 18.0 Å². The summed E-state index contributed by atoms with van der Waals surface area (Å²) >= 11 is 1.62. The first-order valence-corrected chi connectivity index (χ1v) is 8.81. The number of nitrogens with zero attached hydrogens (tertiary/aromatic N) is 2. The van der Waals surface area contributed by atoms with Crippen molar-refractivity contribution in [2.24, 2.45) is 0 Å². The van der Waals surface area contributed by atoms with Gasteiger partial charge in [-0.1, -0.05) is 0 Å². The lowest BCUT2D eigenvalue weighted by Crippen LogP contribution is -2.14. The van der Waals surface area contributed by atoms with Gasteiger partial charge in [-0.3, -0.25) is 0 Å². The predicted molar refractivity (Wildman–Crippen MR) is 77.0 cm³/mol. The second kappa shape index (κ2) is 4.35. The lowest BCUT2D eigenvalue weighted by molar-refractivity contribution is 0.508. The molecule has 1 atom stereocenters. The summed E-state index contributed by atoms with van der Waals surface area (Å²) in [6.45, 7) is 2.03. The zero-order valence-electron chi connectivity index (χ0n) is 10.5. The van der Waals surface area contributed by atoms with E-state index in [2.05, 4.69) is 10.5 Å². The SMILES string of the molecule is Cc1cscc1-c1cc(N)n(C2CCS(=O)(=O)C2)n1. The van der Waals surface area contributed by atoms with Crippen LogP contribution in [0, 0.1) is 6.92 Å². The highest BCUT2D eigenvalue weighted by Gasteiger charge is 2.31. The molecular formula is C12H15N3O2S2. The number of anilines is 1. The Balaban J connectivity index is 1.97. The van der Waals surface area contributed by atoms with Gasteiger partial charge in [-0.25, -0.2) is 13.1 Å². The maximum atomic E-state index is 11.5. The van der Waals surface area contributed by atoms with Crippen molar-refractivity contribution in [1.82, 2.24) is 9.78 Å². The summed E-state index contributed by atoms with van der Waals surface area (Å²) in [5, 5.41) is 8.59. The molecule has 5 nitrogen and oxygen atoms in total. The topological polar surface area (TPSA) is 78.0 Å². The molecule has 1 aliphatic heterocycles. The molecule has 1 fully saturated rings. The molecule has 0 radical (unpaired) electrons. The largest absolute Gasteiger partial charge is 0.384 e. The first kappa shape index (κ1) is 12.7. The van der Waals surface area contributed by atoms with Crippen molar-refractivity contribution in [3.8, 4) is 11.3 Å². The number of hydrogen-bond acceptors (Lipinski definition) is 5. The Morgan fingerprint density at radius 1 is 1.47 bits per heavy atom. The predicted octanol–water partition coefficient (Wildman–Crippen LogP) is 1.86. The number of aromatic nitrogens is 2. The van der Waals surface area contributed by atoms with Gasteiger partial charge in [0.25, 0.3) is 0 Å². The number of sulfone groups is 1. The molecule has 2 aromatic rings. The summed E-state index contributed by atoms with van der Waals surface area (Å²) in [4.78, 5) is 0. The Labute approximate surface area is 116 Å². The molecule has 3 rings (SSSR count). The van der Waals surface area contributed by atoms with Gasteiger partial charge >= 0.3 is 0 Å². The van der Waals surface area contributed by atoms with Crippen LogP contribution in [0.3, 0.4) is 0 Å². The van der Waals surface area contributed by atoms with Crippen molar-refractivity contribution in [2.45, 2.75) is 19.4 Å². The van der Waals surface area contributed by atoms with Crippen LogP contribution in [0.5, 0.6) is 0 Å². The van der Waals surface area contributed by atoms with Crippen molar-refractivity contribution in [1.29, 1.82) is 0 Å². The normalized spacial score (nSPS) is 21.8. The van der Waals surface area contributed by atoms with Crippen LogP contribution >= 0.6 is 11.3 Å². The quantitative estimate of drug-likeness (QED) is 0.917. The molecule has 0 bridgehead atoms. The number of rotatable bonds is 2. The highest BCUT2D eigenvalue weighted by atomic mass is 32.2. The molecule has 2 aromatic heterocycles. The first-order valence-electron chi connectivity index (χ1n) is 6.05. The first-order chi connectivity index (χ1) is 8.96. The summed E-state index contributed by atoms with van der Waals surface area (Å²) in [7, 11) is -2.93. The lowest BCUT2D eigenvalue weighted by Gasteiger charge is -2.09. The van der Waals surface area contributed by atoms with Crippen molar-refractivity contribution in [3.63, 3.8) is 0 Å². The van der Waals surface area contributed by atoms with Crippen LogP contribution in [-0.4, -0.2) is 29.7 Å². The molecule has 1 saturated heterocycles. The molecule has 102 valence electrons. The van der Waals surface area contributed by atoms with Gasteiger partial charge in [0.05, 0.1) is 23.2 Å². The Kier molecular flexibility index (Phi) is 2.90. The second-order valence-electron chi connectivity index (χ2n) is 4.92. The minimum atomic E-state index is -2.93. The maximum absolute atomic E-state index is 11.5. The zero-order chi connectivity index (χ0) is 13.6. The van der Waals surface area contributed by atoms with Crippen molar-refractivity contribution in [2.75, 3.05) is 17.2 Å². The van der Waals surface area contributed by atoms with Crippen LogP contribution < -0.4 is 5.73 Å². The fourth-order valence-electron chi connectivity index (χ4n) is 2.42. The summed E-state index contributed by atoms with van der Waals surface area (Å²) in [6, 6.07) is 1.69. The van der Waals surface area contributed by atoms with E-state index in [0.717, 1.165) is 16.8 Å². The van der Waals surface area contributed by atoms with Crippen molar-refractivity contribution < 1.29 is 8.42 Å². The van der Waals surface area contributed by atoms with Crippen molar-refractivity contribution >= 4 is 27.0 Å². The van der Waals surface area contributed by atoms with E-state index in [1.165, 1.54) is 0 Å². The highest BCUT2D eigenvalue weighted by Crippen LogP contribution is 2.31. The Hall–Kier alpha value is -1.34. The van der Waals surface area contributed by atoms with Gasteiger partial charge in [0.1, 0.15) is 5.82 Å². The van der Waals surface area contributed by atoms with E-state index in [-0.39, 0.29) is 17.5 Å². The van der Waals surface area contributed by atoms with Gasteiger partial charge < -0.3 is 5.73 Å².